The quantitative estimate of drug-likeness (QED) is 0.858. The number of methoxy groups -OCH3 is 1. The Labute approximate surface area is 111 Å². The Morgan fingerprint density at radius 1 is 1.42 bits per heavy atom. The highest BCUT2D eigenvalue weighted by atomic mass is 16.5. The van der Waals surface area contributed by atoms with Gasteiger partial charge in [-0.1, -0.05) is 12.1 Å². The lowest BCUT2D eigenvalue weighted by Gasteiger charge is -2.04. The number of aromatic amines is 1. The van der Waals surface area contributed by atoms with Crippen molar-refractivity contribution < 1.29 is 14.3 Å². The van der Waals surface area contributed by atoms with E-state index >= 15 is 0 Å². The first-order valence-electron chi connectivity index (χ1n) is 6.03. The largest absolute Gasteiger partial charge is 0.494 e. The Morgan fingerprint density at radius 3 is 2.89 bits per heavy atom. The maximum Gasteiger partial charge on any atom is 0.374 e. The highest BCUT2D eigenvalue weighted by Crippen LogP contribution is 2.25. The van der Waals surface area contributed by atoms with Gasteiger partial charge in [0.25, 0.3) is 0 Å². The molecule has 1 N–H and O–H groups in total. The second-order valence-corrected chi connectivity index (χ2v) is 4.01. The van der Waals surface area contributed by atoms with E-state index in [9.17, 15) is 4.79 Å². The summed E-state index contributed by atoms with van der Waals surface area (Å²) in [4.78, 5) is 18.6. The van der Waals surface area contributed by atoms with Crippen LogP contribution in [0.2, 0.25) is 0 Å². The minimum atomic E-state index is -0.477. The van der Waals surface area contributed by atoms with Crippen LogP contribution in [0.3, 0.4) is 0 Å². The third-order valence-corrected chi connectivity index (χ3v) is 2.68. The number of rotatable bonds is 4. The fourth-order valence-electron chi connectivity index (χ4n) is 1.83. The molecule has 5 heteroatoms. The average molecular weight is 260 g/mol. The normalized spacial score (nSPS) is 10.3. The smallest absolute Gasteiger partial charge is 0.374 e. The van der Waals surface area contributed by atoms with Crippen molar-refractivity contribution in [1.29, 1.82) is 0 Å². The van der Waals surface area contributed by atoms with E-state index in [1.807, 2.05) is 38.1 Å². The Morgan fingerprint density at radius 2 is 2.21 bits per heavy atom. The standard InChI is InChI=1S/C14H16N2O3/c1-4-19-11-7-5-6-10(8-11)12-9(2)15-13(16-12)14(17)18-3/h5-8H,4H2,1-3H3,(H,15,16). The van der Waals surface area contributed by atoms with E-state index in [-0.39, 0.29) is 5.82 Å². The molecule has 0 amide bonds. The number of esters is 1. The van der Waals surface area contributed by atoms with E-state index in [1.165, 1.54) is 7.11 Å². The molecular formula is C14H16N2O3. The number of benzene rings is 1. The molecule has 2 rings (SSSR count). The molecule has 0 unspecified atom stereocenters. The van der Waals surface area contributed by atoms with Crippen LogP contribution in [-0.4, -0.2) is 29.7 Å². The maximum absolute atomic E-state index is 11.4. The zero-order valence-electron chi connectivity index (χ0n) is 11.2. The van der Waals surface area contributed by atoms with Crippen molar-refractivity contribution >= 4 is 5.97 Å². The summed E-state index contributed by atoms with van der Waals surface area (Å²) in [5.41, 5.74) is 2.44. The molecule has 0 spiro atoms. The second-order valence-electron chi connectivity index (χ2n) is 4.01. The van der Waals surface area contributed by atoms with E-state index in [0.29, 0.717) is 6.61 Å². The van der Waals surface area contributed by atoms with Gasteiger partial charge in [-0.05, 0) is 26.0 Å². The molecule has 0 aliphatic heterocycles. The SMILES string of the molecule is CCOc1cccc(-c2nc(C(=O)OC)[nH]c2C)c1. The predicted octanol–water partition coefficient (Wildman–Crippen LogP) is 2.57. The Balaban J connectivity index is 2.38. The molecule has 2 aromatic rings. The number of hydrogen-bond acceptors (Lipinski definition) is 4. The molecule has 0 fully saturated rings. The average Bonchev–Trinajstić information content (AvgIpc) is 2.81. The van der Waals surface area contributed by atoms with Crippen LogP contribution in [0.1, 0.15) is 23.2 Å². The first kappa shape index (κ1) is 13.1. The van der Waals surface area contributed by atoms with Crippen molar-refractivity contribution in [1.82, 2.24) is 9.97 Å². The van der Waals surface area contributed by atoms with Gasteiger partial charge in [-0.15, -0.1) is 0 Å². The molecule has 1 aromatic carbocycles. The van der Waals surface area contributed by atoms with Crippen LogP contribution >= 0.6 is 0 Å². The second kappa shape index (κ2) is 5.56. The summed E-state index contributed by atoms with van der Waals surface area (Å²) in [6.45, 7) is 4.40. The molecule has 0 atom stereocenters. The van der Waals surface area contributed by atoms with E-state index < -0.39 is 5.97 Å². The molecule has 19 heavy (non-hydrogen) atoms. The zero-order valence-corrected chi connectivity index (χ0v) is 11.2. The van der Waals surface area contributed by atoms with Gasteiger partial charge < -0.3 is 14.5 Å². The Hall–Kier alpha value is -2.30. The van der Waals surface area contributed by atoms with Gasteiger partial charge in [-0.25, -0.2) is 9.78 Å². The number of hydrogen-bond donors (Lipinski definition) is 1. The number of carbonyl (C=O) groups is 1. The van der Waals surface area contributed by atoms with Crippen molar-refractivity contribution in [2.45, 2.75) is 13.8 Å². The van der Waals surface area contributed by atoms with E-state index in [2.05, 4.69) is 14.7 Å². The third kappa shape index (κ3) is 2.76. The number of aryl methyl sites for hydroxylation is 1. The molecule has 0 aliphatic rings. The molecule has 0 radical (unpaired) electrons. The van der Waals surface area contributed by atoms with Gasteiger partial charge in [0.1, 0.15) is 5.75 Å². The van der Waals surface area contributed by atoms with Gasteiger partial charge in [-0.2, -0.15) is 0 Å². The number of H-pyrrole nitrogens is 1. The molecule has 0 saturated heterocycles. The van der Waals surface area contributed by atoms with Crippen LogP contribution < -0.4 is 4.74 Å². The van der Waals surface area contributed by atoms with Crippen LogP contribution in [0.15, 0.2) is 24.3 Å². The molecule has 5 nitrogen and oxygen atoms in total. The van der Waals surface area contributed by atoms with Crippen LogP contribution in [0.5, 0.6) is 5.75 Å². The summed E-state index contributed by atoms with van der Waals surface area (Å²) in [5, 5.41) is 0. The van der Waals surface area contributed by atoms with Crippen LogP contribution in [0.25, 0.3) is 11.3 Å². The monoisotopic (exact) mass is 260 g/mol. The minimum Gasteiger partial charge on any atom is -0.494 e. The van der Waals surface area contributed by atoms with Gasteiger partial charge in [0.15, 0.2) is 0 Å². The fourth-order valence-corrected chi connectivity index (χ4v) is 1.83. The van der Waals surface area contributed by atoms with Crippen LogP contribution in [0, 0.1) is 6.92 Å². The van der Waals surface area contributed by atoms with Gasteiger partial charge in [-0.3, -0.25) is 0 Å². The first-order valence-corrected chi connectivity index (χ1v) is 6.03. The maximum atomic E-state index is 11.4. The molecule has 1 aromatic heterocycles. The number of nitrogens with one attached hydrogen (secondary N) is 1. The number of nitrogens with zero attached hydrogens (tertiary/aromatic N) is 1. The van der Waals surface area contributed by atoms with Crippen molar-refractivity contribution in [2.24, 2.45) is 0 Å². The minimum absolute atomic E-state index is 0.205. The van der Waals surface area contributed by atoms with Crippen molar-refractivity contribution in [3.05, 3.63) is 35.8 Å². The van der Waals surface area contributed by atoms with Gasteiger partial charge in [0.2, 0.25) is 5.82 Å². The molecule has 100 valence electrons. The summed E-state index contributed by atoms with van der Waals surface area (Å²) in [5.74, 6) is 0.508. The predicted molar refractivity (Wildman–Crippen MR) is 71.3 cm³/mol. The summed E-state index contributed by atoms with van der Waals surface area (Å²) in [6, 6.07) is 7.60. The number of carbonyl (C=O) groups excluding carboxylic acids is 1. The summed E-state index contributed by atoms with van der Waals surface area (Å²) < 4.78 is 10.1. The third-order valence-electron chi connectivity index (χ3n) is 2.68. The fraction of sp³-hybridized carbons (Fsp3) is 0.286. The van der Waals surface area contributed by atoms with Gasteiger partial charge >= 0.3 is 5.97 Å². The molecule has 1 heterocycles. The van der Waals surface area contributed by atoms with Crippen molar-refractivity contribution in [2.75, 3.05) is 13.7 Å². The lowest BCUT2D eigenvalue weighted by Crippen LogP contribution is -2.03. The van der Waals surface area contributed by atoms with Crippen molar-refractivity contribution in [3.63, 3.8) is 0 Å². The van der Waals surface area contributed by atoms with Crippen molar-refractivity contribution in [3.8, 4) is 17.0 Å². The topological polar surface area (TPSA) is 64.2 Å². The van der Waals surface area contributed by atoms with E-state index in [1.54, 1.807) is 0 Å². The summed E-state index contributed by atoms with van der Waals surface area (Å²) >= 11 is 0. The highest BCUT2D eigenvalue weighted by molar-refractivity contribution is 5.86. The van der Waals surface area contributed by atoms with Gasteiger partial charge in [0.05, 0.1) is 19.4 Å². The molecule has 0 saturated carbocycles. The molecular weight excluding hydrogens is 244 g/mol. The number of aromatic nitrogens is 2. The van der Waals surface area contributed by atoms with Crippen LogP contribution in [0.4, 0.5) is 0 Å². The number of ether oxygens (including phenoxy) is 2. The Bertz CT molecular complexity index is 590. The lowest BCUT2D eigenvalue weighted by atomic mass is 10.1. The molecule has 0 bridgehead atoms. The zero-order chi connectivity index (χ0) is 13.8. The van der Waals surface area contributed by atoms with E-state index in [4.69, 9.17) is 4.74 Å². The summed E-state index contributed by atoms with van der Waals surface area (Å²) in [7, 11) is 1.33. The Kier molecular flexibility index (Phi) is 3.85. The van der Waals surface area contributed by atoms with E-state index in [0.717, 1.165) is 22.7 Å². The number of imidazole rings is 1. The first-order chi connectivity index (χ1) is 9.15. The highest BCUT2D eigenvalue weighted by Gasteiger charge is 2.15. The molecule has 0 aliphatic carbocycles. The lowest BCUT2D eigenvalue weighted by molar-refractivity contribution is 0.0588. The van der Waals surface area contributed by atoms with Crippen LogP contribution in [-0.2, 0) is 4.74 Å². The summed E-state index contributed by atoms with van der Waals surface area (Å²) in [6.07, 6.45) is 0. The van der Waals surface area contributed by atoms with Gasteiger partial charge in [0, 0.05) is 11.3 Å².